The molecule has 0 aromatic carbocycles. The normalized spacial score (nSPS) is 11.2. The number of aryl methyl sites for hydroxylation is 4. The summed E-state index contributed by atoms with van der Waals surface area (Å²) in [6, 6.07) is 0. The van der Waals surface area contributed by atoms with Gasteiger partial charge >= 0.3 is 5.69 Å². The lowest BCUT2D eigenvalue weighted by molar-refractivity contribution is -0.116. The standard InChI is InChI=1S/C15H18N6O4/c1-8-11(9(2)25-18-8)17-10(22)5-6-21-7-16-13-12(21)14(23)20(4)15(24)19(13)3/h7H,5-6H2,1-4H3,(H,17,22). The van der Waals surface area contributed by atoms with E-state index in [9.17, 15) is 14.4 Å². The van der Waals surface area contributed by atoms with Crippen LogP contribution in [-0.2, 0) is 25.4 Å². The summed E-state index contributed by atoms with van der Waals surface area (Å²) in [5.41, 5.74) is 0.844. The third-order valence-electron chi connectivity index (χ3n) is 4.09. The molecule has 0 unspecified atom stereocenters. The van der Waals surface area contributed by atoms with E-state index < -0.39 is 11.2 Å². The second-order valence-electron chi connectivity index (χ2n) is 5.81. The highest BCUT2D eigenvalue weighted by Gasteiger charge is 2.16. The Labute approximate surface area is 141 Å². The Hall–Kier alpha value is -3.17. The van der Waals surface area contributed by atoms with Crippen LogP contribution in [0.15, 0.2) is 20.4 Å². The van der Waals surface area contributed by atoms with E-state index in [1.165, 1.54) is 17.9 Å². The number of aromatic nitrogens is 5. The molecular weight excluding hydrogens is 328 g/mol. The third kappa shape index (κ3) is 2.75. The molecule has 0 spiro atoms. The highest BCUT2D eigenvalue weighted by atomic mass is 16.5. The van der Waals surface area contributed by atoms with Crippen molar-refractivity contribution in [3.05, 3.63) is 38.6 Å². The van der Waals surface area contributed by atoms with Crippen LogP contribution in [0.3, 0.4) is 0 Å². The highest BCUT2D eigenvalue weighted by molar-refractivity contribution is 5.91. The van der Waals surface area contributed by atoms with Crippen molar-refractivity contribution in [1.82, 2.24) is 23.8 Å². The lowest BCUT2D eigenvalue weighted by atomic mass is 10.3. The number of hydrogen-bond donors (Lipinski definition) is 1. The van der Waals surface area contributed by atoms with Crippen molar-refractivity contribution in [1.29, 1.82) is 0 Å². The van der Waals surface area contributed by atoms with Crippen LogP contribution in [0.2, 0.25) is 0 Å². The lowest BCUT2D eigenvalue weighted by Crippen LogP contribution is -2.37. The van der Waals surface area contributed by atoms with Crippen LogP contribution in [0.1, 0.15) is 17.9 Å². The van der Waals surface area contributed by atoms with E-state index in [-0.39, 0.29) is 24.4 Å². The van der Waals surface area contributed by atoms with Crippen LogP contribution in [0.25, 0.3) is 11.2 Å². The average Bonchev–Trinajstić information content (AvgIpc) is 3.15. The van der Waals surface area contributed by atoms with Gasteiger partial charge in [0.1, 0.15) is 11.4 Å². The van der Waals surface area contributed by atoms with E-state index >= 15 is 0 Å². The third-order valence-corrected chi connectivity index (χ3v) is 4.09. The monoisotopic (exact) mass is 346 g/mol. The largest absolute Gasteiger partial charge is 0.359 e. The first kappa shape index (κ1) is 16.7. The number of nitrogens with zero attached hydrogens (tertiary/aromatic N) is 5. The summed E-state index contributed by atoms with van der Waals surface area (Å²) in [4.78, 5) is 40.5. The lowest BCUT2D eigenvalue weighted by Gasteiger charge is -2.07. The summed E-state index contributed by atoms with van der Waals surface area (Å²) in [6.45, 7) is 3.70. The highest BCUT2D eigenvalue weighted by Crippen LogP contribution is 2.18. The van der Waals surface area contributed by atoms with Crippen molar-refractivity contribution in [2.75, 3.05) is 5.32 Å². The zero-order valence-corrected chi connectivity index (χ0v) is 14.4. The molecule has 132 valence electrons. The van der Waals surface area contributed by atoms with Gasteiger partial charge in [0.05, 0.1) is 6.33 Å². The zero-order valence-electron chi connectivity index (χ0n) is 14.4. The van der Waals surface area contributed by atoms with E-state index in [4.69, 9.17) is 4.52 Å². The van der Waals surface area contributed by atoms with Gasteiger partial charge in [-0.05, 0) is 13.8 Å². The molecule has 3 aromatic heterocycles. The van der Waals surface area contributed by atoms with E-state index in [1.807, 2.05) is 0 Å². The molecule has 0 aliphatic carbocycles. The number of imidazole rings is 1. The molecule has 10 heteroatoms. The van der Waals surface area contributed by atoms with Crippen molar-refractivity contribution in [2.24, 2.45) is 14.1 Å². The minimum absolute atomic E-state index is 0.127. The number of carbonyl (C=O) groups excluding carboxylic acids is 1. The molecule has 0 bridgehead atoms. The van der Waals surface area contributed by atoms with Crippen LogP contribution in [-0.4, -0.2) is 29.7 Å². The summed E-state index contributed by atoms with van der Waals surface area (Å²) < 4.78 is 8.90. The number of rotatable bonds is 4. The fourth-order valence-electron chi connectivity index (χ4n) is 2.65. The van der Waals surface area contributed by atoms with E-state index in [1.54, 1.807) is 25.5 Å². The molecule has 3 aromatic rings. The van der Waals surface area contributed by atoms with Crippen molar-refractivity contribution in [3.8, 4) is 0 Å². The Balaban J connectivity index is 1.84. The average molecular weight is 346 g/mol. The molecule has 0 radical (unpaired) electrons. The second-order valence-corrected chi connectivity index (χ2v) is 5.81. The van der Waals surface area contributed by atoms with Gasteiger partial charge in [0.25, 0.3) is 5.56 Å². The molecular formula is C15H18N6O4. The number of anilines is 1. The zero-order chi connectivity index (χ0) is 18.3. The van der Waals surface area contributed by atoms with Gasteiger partial charge in [0, 0.05) is 27.1 Å². The topological polar surface area (TPSA) is 117 Å². The predicted octanol–water partition coefficient (Wildman–Crippen LogP) is 0.0673. The van der Waals surface area contributed by atoms with Gasteiger partial charge in [-0.25, -0.2) is 9.78 Å². The van der Waals surface area contributed by atoms with Crippen molar-refractivity contribution < 1.29 is 9.32 Å². The Morgan fingerprint density at radius 2 is 1.96 bits per heavy atom. The molecule has 0 aliphatic heterocycles. The van der Waals surface area contributed by atoms with E-state index in [2.05, 4.69) is 15.5 Å². The minimum Gasteiger partial charge on any atom is -0.359 e. The molecule has 0 saturated carbocycles. The van der Waals surface area contributed by atoms with Gasteiger partial charge in [-0.2, -0.15) is 0 Å². The molecule has 0 aliphatic rings. The number of carbonyl (C=O) groups is 1. The molecule has 0 fully saturated rings. The first-order valence-electron chi connectivity index (χ1n) is 7.64. The van der Waals surface area contributed by atoms with Gasteiger partial charge in [-0.3, -0.25) is 18.7 Å². The van der Waals surface area contributed by atoms with Crippen molar-refractivity contribution in [3.63, 3.8) is 0 Å². The molecule has 1 N–H and O–H groups in total. The SMILES string of the molecule is Cc1noc(C)c1NC(=O)CCn1cnc2c1c(=O)n(C)c(=O)n2C. The van der Waals surface area contributed by atoms with Gasteiger partial charge in [-0.15, -0.1) is 0 Å². The molecule has 0 atom stereocenters. The summed E-state index contributed by atoms with van der Waals surface area (Å²) in [5.74, 6) is 0.292. The fourth-order valence-corrected chi connectivity index (χ4v) is 2.65. The Morgan fingerprint density at radius 1 is 1.24 bits per heavy atom. The minimum atomic E-state index is -0.445. The molecule has 3 rings (SSSR count). The summed E-state index contributed by atoms with van der Waals surface area (Å²) in [5, 5.41) is 6.53. The van der Waals surface area contributed by atoms with E-state index in [0.717, 1.165) is 4.57 Å². The first-order valence-corrected chi connectivity index (χ1v) is 7.64. The maximum Gasteiger partial charge on any atom is 0.332 e. The van der Waals surface area contributed by atoms with Crippen molar-refractivity contribution >= 4 is 22.8 Å². The Bertz CT molecular complexity index is 1060. The predicted molar refractivity (Wildman–Crippen MR) is 89.4 cm³/mol. The summed E-state index contributed by atoms with van der Waals surface area (Å²) >= 11 is 0. The smallest absolute Gasteiger partial charge is 0.332 e. The summed E-state index contributed by atoms with van der Waals surface area (Å²) in [7, 11) is 2.96. The Kier molecular flexibility index (Phi) is 4.03. The first-order chi connectivity index (χ1) is 11.8. The van der Waals surface area contributed by atoms with Crippen LogP contribution in [0.5, 0.6) is 0 Å². The molecule has 1 amide bonds. The number of hydrogen-bond acceptors (Lipinski definition) is 6. The fraction of sp³-hybridized carbons (Fsp3) is 0.400. The van der Waals surface area contributed by atoms with Crippen LogP contribution in [0, 0.1) is 13.8 Å². The van der Waals surface area contributed by atoms with Crippen molar-refractivity contribution in [2.45, 2.75) is 26.8 Å². The van der Waals surface area contributed by atoms with Gasteiger partial charge < -0.3 is 14.4 Å². The van der Waals surface area contributed by atoms with Crippen LogP contribution in [0.4, 0.5) is 5.69 Å². The molecule has 25 heavy (non-hydrogen) atoms. The van der Waals surface area contributed by atoms with Crippen LogP contribution < -0.4 is 16.6 Å². The molecule has 10 nitrogen and oxygen atoms in total. The van der Waals surface area contributed by atoms with Gasteiger partial charge in [0.2, 0.25) is 5.91 Å². The Morgan fingerprint density at radius 3 is 2.60 bits per heavy atom. The summed E-state index contributed by atoms with van der Waals surface area (Å²) in [6.07, 6.45) is 1.58. The second kappa shape index (κ2) is 6.04. The molecule has 0 saturated heterocycles. The van der Waals surface area contributed by atoms with Gasteiger partial charge in [-0.1, -0.05) is 5.16 Å². The quantitative estimate of drug-likeness (QED) is 0.714. The maximum atomic E-state index is 12.3. The van der Waals surface area contributed by atoms with Gasteiger partial charge in [0.15, 0.2) is 16.9 Å². The number of amides is 1. The van der Waals surface area contributed by atoms with E-state index in [0.29, 0.717) is 22.8 Å². The molecule has 3 heterocycles. The van der Waals surface area contributed by atoms with Crippen LogP contribution >= 0.6 is 0 Å². The number of nitrogens with one attached hydrogen (secondary N) is 1. The number of fused-ring (bicyclic) bond motifs is 1. The maximum absolute atomic E-state index is 12.3.